The Morgan fingerprint density at radius 3 is 1.25 bits per heavy atom. The smallest absolute Gasteiger partial charge is 0.0809 e. The Balaban J connectivity index is -0.000000290. The summed E-state index contributed by atoms with van der Waals surface area (Å²) in [6, 6.07) is 29.3. The van der Waals surface area contributed by atoms with Gasteiger partial charge in [-0.1, -0.05) is 12.1 Å². The first-order chi connectivity index (χ1) is 9.93. The first-order valence-corrected chi connectivity index (χ1v) is 13.8. The van der Waals surface area contributed by atoms with Crippen molar-refractivity contribution in [3.8, 4) is 0 Å². The van der Waals surface area contributed by atoms with E-state index in [0.717, 1.165) is 0 Å². The number of halogens is 2. The molecular formula is C20H22Cl2GeZr-4. The molecule has 0 unspecified atom stereocenters. The van der Waals surface area contributed by atoms with Gasteiger partial charge in [0, 0.05) is 0 Å². The topological polar surface area (TPSA) is 0 Å². The van der Waals surface area contributed by atoms with E-state index in [2.05, 4.69) is 97.1 Å². The van der Waals surface area contributed by atoms with Crippen LogP contribution in [-0.2, 0) is 21.6 Å². The van der Waals surface area contributed by atoms with Crippen LogP contribution in [0.5, 0.6) is 0 Å². The molecule has 0 atom stereocenters. The second-order valence-corrected chi connectivity index (χ2v) is 4.31. The van der Waals surface area contributed by atoms with Crippen molar-refractivity contribution in [3.05, 3.63) is 99.8 Å². The molecule has 4 rings (SSSR count). The van der Waals surface area contributed by atoms with E-state index >= 15 is 0 Å². The fourth-order valence-electron chi connectivity index (χ4n) is 2.14. The van der Waals surface area contributed by atoms with Gasteiger partial charge in [-0.15, -0.1) is 84.1 Å². The third kappa shape index (κ3) is 8.16. The van der Waals surface area contributed by atoms with Gasteiger partial charge in [0.05, 0.1) is 0 Å². The van der Waals surface area contributed by atoms with Gasteiger partial charge in [0.1, 0.15) is 0 Å². The van der Waals surface area contributed by atoms with Gasteiger partial charge in [-0.2, -0.15) is 35.0 Å². The van der Waals surface area contributed by atoms with Gasteiger partial charge in [-0.25, -0.2) is 0 Å². The van der Waals surface area contributed by atoms with Crippen molar-refractivity contribution in [1.29, 1.82) is 0 Å². The predicted octanol–water partition coefficient (Wildman–Crippen LogP) is 6.48. The molecule has 0 aliphatic rings. The molecule has 0 bridgehead atoms. The molecular weight excluding hydrogens is 475 g/mol. The number of hydrogen-bond donors (Lipinski definition) is 0. The summed E-state index contributed by atoms with van der Waals surface area (Å²) in [7, 11) is 0. The summed E-state index contributed by atoms with van der Waals surface area (Å²) in [6.07, 6.45) is 0. The molecule has 2 radical (unpaired) electrons. The third-order valence-electron chi connectivity index (χ3n) is 3.10. The molecule has 4 aromatic rings. The molecule has 0 saturated carbocycles. The molecule has 0 aliphatic heterocycles. The van der Waals surface area contributed by atoms with Crippen LogP contribution in [-0.4, -0.2) is 12.1 Å². The van der Waals surface area contributed by atoms with Crippen molar-refractivity contribution >= 4 is 58.5 Å². The third-order valence-corrected chi connectivity index (χ3v) is 3.10. The molecule has 0 amide bonds. The zero-order valence-electron chi connectivity index (χ0n) is 13.9. The molecule has 0 saturated heterocycles. The maximum atomic E-state index is 2.12. The average molecular weight is 497 g/mol. The fraction of sp³-hybridized carbons (Fsp3) is 0. The standard InChI is InChI=1S/2C9H7.2CH3.2ClH.Ge.Zr/c2*1-2-5-9-7-3-6-8(9)4-1;;;;;;/h2*1-7H;2*1H3;2*1H;;/q4*-1;;;;. The van der Waals surface area contributed by atoms with Gasteiger partial charge in [0.15, 0.2) is 0 Å². The first-order valence-electron chi connectivity index (χ1n) is 6.39. The van der Waals surface area contributed by atoms with Crippen LogP contribution >= 0.6 is 24.8 Å². The van der Waals surface area contributed by atoms with Crippen LogP contribution in [0.4, 0.5) is 0 Å². The number of benzene rings is 2. The Hall–Kier alpha value is -0.334. The maximum absolute atomic E-state index is 2.12. The number of hydrogen-bond acceptors (Lipinski definition) is 0. The summed E-state index contributed by atoms with van der Waals surface area (Å²) < 4.78 is 0. The van der Waals surface area contributed by atoms with E-state index in [-0.39, 0.29) is 39.7 Å². The van der Waals surface area contributed by atoms with Crippen molar-refractivity contribution in [1.82, 2.24) is 0 Å². The minimum atomic E-state index is 0. The van der Waals surface area contributed by atoms with Crippen molar-refractivity contribution in [2.75, 3.05) is 0 Å². The van der Waals surface area contributed by atoms with Crippen LogP contribution in [0.2, 0.25) is 0 Å². The second kappa shape index (κ2) is 16.2. The van der Waals surface area contributed by atoms with Crippen LogP contribution in [0.25, 0.3) is 21.5 Å². The summed E-state index contributed by atoms with van der Waals surface area (Å²) in [6.45, 7) is 0. The molecule has 0 spiro atoms. The zero-order chi connectivity index (χ0) is 14.2. The normalized spacial score (nSPS) is 7.79. The van der Waals surface area contributed by atoms with Gasteiger partial charge in [-0.3, -0.25) is 0 Å². The van der Waals surface area contributed by atoms with E-state index in [1.807, 2.05) is 0 Å². The minimum absolute atomic E-state index is 0. The van der Waals surface area contributed by atoms with E-state index in [1.54, 1.807) is 21.6 Å². The van der Waals surface area contributed by atoms with E-state index in [0.29, 0.717) is 0 Å². The Morgan fingerprint density at radius 2 is 0.917 bits per heavy atom. The Morgan fingerprint density at radius 1 is 0.583 bits per heavy atom. The zero-order valence-corrected chi connectivity index (χ0v) is 20.1. The molecule has 128 valence electrons. The second-order valence-electron chi connectivity index (χ2n) is 4.31. The van der Waals surface area contributed by atoms with Crippen molar-refractivity contribution in [3.63, 3.8) is 0 Å². The van der Waals surface area contributed by atoms with E-state index in [1.165, 1.54) is 21.5 Å². The first kappa shape index (κ1) is 28.5. The van der Waals surface area contributed by atoms with Gasteiger partial charge in [-0.05, 0) is 0 Å². The molecule has 0 fully saturated rings. The number of rotatable bonds is 0. The number of fused-ring (bicyclic) bond motifs is 2. The molecule has 0 nitrogen and oxygen atoms in total. The van der Waals surface area contributed by atoms with Gasteiger partial charge < -0.3 is 14.9 Å². The van der Waals surface area contributed by atoms with Crippen LogP contribution in [0.3, 0.4) is 0 Å². The van der Waals surface area contributed by atoms with Crippen molar-refractivity contribution in [2.45, 2.75) is 0 Å². The maximum Gasteiger partial charge on any atom is -0.0809 e. The minimum Gasteiger partial charge on any atom is -0.168 e. The fourth-order valence-corrected chi connectivity index (χ4v) is 2.14. The summed E-state index contributed by atoms with van der Waals surface area (Å²) in [5, 5.41) is 5.32. The molecule has 0 aromatic heterocycles. The van der Waals surface area contributed by atoms with Gasteiger partial charge in [0.2, 0.25) is 0 Å². The van der Waals surface area contributed by atoms with E-state index < -0.39 is 0 Å². The van der Waals surface area contributed by atoms with E-state index in [4.69, 9.17) is 0 Å². The largest absolute Gasteiger partial charge is 0.168 e. The predicted molar refractivity (Wildman–Crippen MR) is 112 cm³/mol. The summed E-state index contributed by atoms with van der Waals surface area (Å²) in [5.41, 5.74) is 0. The average Bonchev–Trinajstić information content (AvgIpc) is 3.18. The van der Waals surface area contributed by atoms with Crippen molar-refractivity contribution in [2.24, 2.45) is 0 Å². The molecule has 24 heavy (non-hydrogen) atoms. The summed E-state index contributed by atoms with van der Waals surface area (Å²) in [5.74, 6) is 0. The SMILES string of the molecule is Cl.Cl.[CH3-].[CH3-].[Ge]=[Zr].c1ccc2[cH-]ccc2c1.c1ccc2[cH-]ccc2c1. The summed E-state index contributed by atoms with van der Waals surface area (Å²) >= 11 is 3.64. The Bertz CT molecular complexity index is 651. The molecule has 0 aliphatic carbocycles. The van der Waals surface area contributed by atoms with Crippen LogP contribution < -0.4 is 0 Å². The van der Waals surface area contributed by atoms with E-state index in [9.17, 15) is 0 Å². The van der Waals surface area contributed by atoms with Crippen LogP contribution in [0.15, 0.2) is 84.9 Å². The quantitative estimate of drug-likeness (QED) is 0.193. The Kier molecular flexibility index (Phi) is 19.2. The molecule has 4 heteroatoms. The van der Waals surface area contributed by atoms with Gasteiger partial charge in [0.25, 0.3) is 0 Å². The molecule has 4 aromatic carbocycles. The molecule has 0 heterocycles. The van der Waals surface area contributed by atoms with Crippen LogP contribution in [0.1, 0.15) is 0 Å². The summed E-state index contributed by atoms with van der Waals surface area (Å²) in [4.78, 5) is 0. The Labute approximate surface area is 178 Å². The van der Waals surface area contributed by atoms with Crippen molar-refractivity contribution < 1.29 is 21.6 Å². The van der Waals surface area contributed by atoms with Gasteiger partial charge >= 0.3 is 33.7 Å². The van der Waals surface area contributed by atoms with Crippen LogP contribution in [0, 0.1) is 14.9 Å². The monoisotopic (exact) mass is 496 g/mol. The molecule has 0 N–H and O–H groups in total.